The molecular weight excluding hydrogens is 239 g/mol. The van der Waals surface area contributed by atoms with E-state index in [1.807, 2.05) is 0 Å². The van der Waals surface area contributed by atoms with Gasteiger partial charge in [-0.2, -0.15) is 0 Å². The number of carbonyl (C=O) groups is 1. The van der Waals surface area contributed by atoms with Crippen LogP contribution in [-0.2, 0) is 16.9 Å². The molecular formula is C13H13FO4. The lowest BCUT2D eigenvalue weighted by atomic mass is 9.64. The van der Waals surface area contributed by atoms with E-state index in [0.717, 1.165) is 6.42 Å². The fourth-order valence-electron chi connectivity index (χ4n) is 2.63. The third-order valence-electron chi connectivity index (χ3n) is 3.82. The van der Waals surface area contributed by atoms with E-state index >= 15 is 0 Å². The lowest BCUT2D eigenvalue weighted by molar-refractivity contribution is -0.147. The molecule has 4 nitrogen and oxygen atoms in total. The third-order valence-corrected chi connectivity index (χ3v) is 3.82. The van der Waals surface area contributed by atoms with E-state index in [-0.39, 0.29) is 6.79 Å². The maximum absolute atomic E-state index is 12.8. The van der Waals surface area contributed by atoms with Crippen molar-refractivity contribution in [1.29, 1.82) is 0 Å². The fraction of sp³-hybridized carbons (Fsp3) is 0.462. The SMILES string of the molecule is O=C(O)C1(c2cc(CF)cc3c2OCO3)CCC1. The molecule has 1 fully saturated rings. The maximum Gasteiger partial charge on any atom is 0.314 e. The summed E-state index contributed by atoms with van der Waals surface area (Å²) >= 11 is 0. The van der Waals surface area contributed by atoms with Crippen LogP contribution in [0.4, 0.5) is 4.39 Å². The highest BCUT2D eigenvalue weighted by atomic mass is 19.1. The summed E-state index contributed by atoms with van der Waals surface area (Å²) in [6.45, 7) is -0.576. The van der Waals surface area contributed by atoms with Crippen LogP contribution in [0.2, 0.25) is 0 Å². The predicted molar refractivity (Wildman–Crippen MR) is 60.5 cm³/mol. The van der Waals surface area contributed by atoms with Gasteiger partial charge >= 0.3 is 5.97 Å². The van der Waals surface area contributed by atoms with Gasteiger partial charge in [0.05, 0.1) is 5.41 Å². The minimum Gasteiger partial charge on any atom is -0.481 e. The van der Waals surface area contributed by atoms with Crippen molar-refractivity contribution >= 4 is 5.97 Å². The summed E-state index contributed by atoms with van der Waals surface area (Å²) in [4.78, 5) is 11.5. The van der Waals surface area contributed by atoms with Crippen LogP contribution in [0.15, 0.2) is 12.1 Å². The average Bonchev–Trinajstić information content (AvgIpc) is 2.74. The van der Waals surface area contributed by atoms with E-state index < -0.39 is 18.1 Å². The van der Waals surface area contributed by atoms with Crippen molar-refractivity contribution in [3.8, 4) is 11.5 Å². The second-order valence-corrected chi connectivity index (χ2v) is 4.75. The van der Waals surface area contributed by atoms with Crippen molar-refractivity contribution in [3.05, 3.63) is 23.3 Å². The van der Waals surface area contributed by atoms with Gasteiger partial charge in [-0.1, -0.05) is 6.42 Å². The van der Waals surface area contributed by atoms with Crippen LogP contribution in [0.1, 0.15) is 30.4 Å². The summed E-state index contributed by atoms with van der Waals surface area (Å²) in [6.07, 6.45) is 1.99. The average molecular weight is 252 g/mol. The smallest absolute Gasteiger partial charge is 0.314 e. The molecule has 0 radical (unpaired) electrons. The number of halogens is 1. The summed E-state index contributed by atoms with van der Waals surface area (Å²) in [5, 5.41) is 9.44. The summed E-state index contributed by atoms with van der Waals surface area (Å²) in [5.74, 6) is 0.0458. The highest BCUT2D eigenvalue weighted by Gasteiger charge is 2.49. The molecule has 1 aliphatic carbocycles. The number of hydrogen-bond donors (Lipinski definition) is 1. The number of carboxylic acids is 1. The Morgan fingerprint density at radius 2 is 2.17 bits per heavy atom. The molecule has 1 aromatic rings. The first kappa shape index (κ1) is 11.3. The fourth-order valence-corrected chi connectivity index (χ4v) is 2.63. The zero-order valence-electron chi connectivity index (χ0n) is 9.74. The lowest BCUT2D eigenvalue weighted by Gasteiger charge is -2.38. The van der Waals surface area contributed by atoms with Crippen molar-refractivity contribution in [2.24, 2.45) is 0 Å². The van der Waals surface area contributed by atoms with Crippen molar-refractivity contribution < 1.29 is 23.8 Å². The highest BCUT2D eigenvalue weighted by Crippen LogP contribution is 2.51. The van der Waals surface area contributed by atoms with E-state index in [1.165, 1.54) is 0 Å². The third kappa shape index (κ3) is 1.39. The molecule has 0 bridgehead atoms. The Kier molecular flexibility index (Phi) is 2.43. The van der Waals surface area contributed by atoms with Crippen LogP contribution in [0.3, 0.4) is 0 Å². The molecule has 2 aliphatic rings. The van der Waals surface area contributed by atoms with E-state index in [1.54, 1.807) is 12.1 Å². The summed E-state index contributed by atoms with van der Waals surface area (Å²) in [6, 6.07) is 3.17. The van der Waals surface area contributed by atoms with Crippen molar-refractivity contribution in [2.75, 3.05) is 6.79 Å². The molecule has 96 valence electrons. The molecule has 1 saturated carbocycles. The normalized spacial score (nSPS) is 19.4. The van der Waals surface area contributed by atoms with E-state index in [4.69, 9.17) is 9.47 Å². The van der Waals surface area contributed by atoms with Crippen LogP contribution >= 0.6 is 0 Å². The van der Waals surface area contributed by atoms with Gasteiger partial charge in [0, 0.05) is 5.56 Å². The first-order valence-electron chi connectivity index (χ1n) is 5.90. The van der Waals surface area contributed by atoms with Gasteiger partial charge in [0.15, 0.2) is 11.5 Å². The molecule has 0 unspecified atom stereocenters. The molecule has 0 amide bonds. The Bertz CT molecular complexity index is 508. The minimum absolute atomic E-state index is 0.0633. The van der Waals surface area contributed by atoms with Crippen molar-refractivity contribution in [2.45, 2.75) is 31.4 Å². The minimum atomic E-state index is -0.928. The highest BCUT2D eigenvalue weighted by molar-refractivity contribution is 5.84. The molecule has 0 saturated heterocycles. The van der Waals surface area contributed by atoms with Crippen LogP contribution in [0.25, 0.3) is 0 Å². The molecule has 1 N–H and O–H groups in total. The van der Waals surface area contributed by atoms with E-state index in [0.29, 0.717) is 35.5 Å². The quantitative estimate of drug-likeness (QED) is 0.897. The number of alkyl halides is 1. The van der Waals surface area contributed by atoms with E-state index in [2.05, 4.69) is 0 Å². The second kappa shape index (κ2) is 3.86. The maximum atomic E-state index is 12.8. The predicted octanol–water partition coefficient (Wildman–Crippen LogP) is 2.39. The largest absolute Gasteiger partial charge is 0.481 e. The molecule has 1 heterocycles. The topological polar surface area (TPSA) is 55.8 Å². The van der Waals surface area contributed by atoms with Gasteiger partial charge in [0.2, 0.25) is 6.79 Å². The summed E-state index contributed by atoms with van der Waals surface area (Å²) in [5.41, 5.74) is 0.0638. The van der Waals surface area contributed by atoms with Gasteiger partial charge in [0.1, 0.15) is 6.67 Å². The molecule has 0 atom stereocenters. The van der Waals surface area contributed by atoms with Gasteiger partial charge in [-0.05, 0) is 30.5 Å². The zero-order valence-corrected chi connectivity index (χ0v) is 9.74. The molecule has 0 spiro atoms. The molecule has 3 rings (SSSR count). The Balaban J connectivity index is 2.16. The summed E-state index contributed by atoms with van der Waals surface area (Å²) in [7, 11) is 0. The molecule has 1 aromatic carbocycles. The Labute approximate surface area is 103 Å². The zero-order chi connectivity index (χ0) is 12.8. The van der Waals surface area contributed by atoms with Gasteiger partial charge in [0.25, 0.3) is 0 Å². The Hall–Kier alpha value is -1.78. The molecule has 1 aliphatic heterocycles. The van der Waals surface area contributed by atoms with Gasteiger partial charge in [-0.25, -0.2) is 4.39 Å². The number of hydrogen-bond acceptors (Lipinski definition) is 3. The van der Waals surface area contributed by atoms with Crippen LogP contribution in [-0.4, -0.2) is 17.9 Å². The first-order chi connectivity index (χ1) is 8.67. The van der Waals surface area contributed by atoms with Crippen molar-refractivity contribution in [1.82, 2.24) is 0 Å². The number of benzene rings is 1. The lowest BCUT2D eigenvalue weighted by Crippen LogP contribution is -2.42. The van der Waals surface area contributed by atoms with Gasteiger partial charge in [-0.3, -0.25) is 4.79 Å². The van der Waals surface area contributed by atoms with Crippen molar-refractivity contribution in [3.63, 3.8) is 0 Å². The summed E-state index contributed by atoms with van der Waals surface area (Å²) < 4.78 is 23.4. The number of fused-ring (bicyclic) bond motifs is 1. The van der Waals surface area contributed by atoms with Crippen LogP contribution in [0.5, 0.6) is 11.5 Å². The number of ether oxygens (including phenoxy) is 2. The van der Waals surface area contributed by atoms with E-state index in [9.17, 15) is 14.3 Å². The van der Waals surface area contributed by atoms with Crippen LogP contribution < -0.4 is 9.47 Å². The van der Waals surface area contributed by atoms with Gasteiger partial charge < -0.3 is 14.6 Å². The monoisotopic (exact) mass is 252 g/mol. The van der Waals surface area contributed by atoms with Crippen LogP contribution in [0, 0.1) is 0 Å². The standard InChI is InChI=1S/C13H13FO4/c14-6-8-4-9(11-10(5-8)17-7-18-11)13(12(15)16)2-1-3-13/h4-5H,1-3,6-7H2,(H,15,16). The molecule has 5 heteroatoms. The number of aliphatic carboxylic acids is 1. The Morgan fingerprint density at radius 3 is 2.72 bits per heavy atom. The number of rotatable bonds is 3. The first-order valence-corrected chi connectivity index (χ1v) is 5.90. The number of carboxylic acid groups (broad SMARTS) is 1. The second-order valence-electron chi connectivity index (χ2n) is 4.75. The molecule has 0 aromatic heterocycles. The molecule has 18 heavy (non-hydrogen) atoms. The Morgan fingerprint density at radius 1 is 1.39 bits per heavy atom. The van der Waals surface area contributed by atoms with Gasteiger partial charge in [-0.15, -0.1) is 0 Å².